The molecular weight excluding hydrogens is 330 g/mol. The summed E-state index contributed by atoms with van der Waals surface area (Å²) in [5.74, 6) is 0.212. The van der Waals surface area contributed by atoms with Crippen molar-refractivity contribution in [1.82, 2.24) is 4.98 Å². The van der Waals surface area contributed by atoms with Crippen molar-refractivity contribution in [3.8, 4) is 5.75 Å². The van der Waals surface area contributed by atoms with Crippen LogP contribution in [0.1, 0.15) is 22.9 Å². The lowest BCUT2D eigenvalue weighted by Crippen LogP contribution is -2.14. The Hall–Kier alpha value is -3.41. The van der Waals surface area contributed by atoms with Crippen molar-refractivity contribution in [3.63, 3.8) is 0 Å². The van der Waals surface area contributed by atoms with Gasteiger partial charge in [0, 0.05) is 24.0 Å². The van der Waals surface area contributed by atoms with E-state index in [0.29, 0.717) is 5.69 Å². The Balaban J connectivity index is 2.00. The number of anilines is 1. The van der Waals surface area contributed by atoms with Gasteiger partial charge in [-0.3, -0.25) is 15.1 Å². The van der Waals surface area contributed by atoms with E-state index in [2.05, 4.69) is 16.4 Å². The standard InChI is InChI=1S/C20H19N3O3/c1-14-6-5-7-15(12-14)20(17-8-3-4-11-21-17)22-16-9-10-18(23(24)25)19(13-16)26-2/h3-13,20,22H,1-2H3. The minimum atomic E-state index is -0.459. The van der Waals surface area contributed by atoms with E-state index in [-0.39, 0.29) is 17.5 Å². The fourth-order valence-corrected chi connectivity index (χ4v) is 2.81. The van der Waals surface area contributed by atoms with E-state index < -0.39 is 4.92 Å². The van der Waals surface area contributed by atoms with Gasteiger partial charge in [0.1, 0.15) is 0 Å². The van der Waals surface area contributed by atoms with Gasteiger partial charge in [0.15, 0.2) is 5.75 Å². The topological polar surface area (TPSA) is 77.3 Å². The molecule has 6 heteroatoms. The van der Waals surface area contributed by atoms with E-state index in [1.54, 1.807) is 18.3 Å². The lowest BCUT2D eigenvalue weighted by atomic mass is 10.0. The van der Waals surface area contributed by atoms with Gasteiger partial charge in [-0.15, -0.1) is 0 Å². The molecule has 1 unspecified atom stereocenters. The fourth-order valence-electron chi connectivity index (χ4n) is 2.81. The van der Waals surface area contributed by atoms with Crippen LogP contribution in [0.3, 0.4) is 0 Å². The summed E-state index contributed by atoms with van der Waals surface area (Å²) in [4.78, 5) is 15.1. The minimum absolute atomic E-state index is 0.0667. The average Bonchev–Trinajstić information content (AvgIpc) is 2.66. The summed E-state index contributed by atoms with van der Waals surface area (Å²) in [6.45, 7) is 2.04. The molecule has 0 aliphatic rings. The molecule has 132 valence electrons. The third kappa shape index (κ3) is 3.80. The number of hydrogen-bond acceptors (Lipinski definition) is 5. The number of methoxy groups -OCH3 is 1. The van der Waals surface area contributed by atoms with Crippen LogP contribution in [0.4, 0.5) is 11.4 Å². The highest BCUT2D eigenvalue weighted by atomic mass is 16.6. The first kappa shape index (κ1) is 17.4. The van der Waals surface area contributed by atoms with Crippen LogP contribution in [0.25, 0.3) is 0 Å². The lowest BCUT2D eigenvalue weighted by Gasteiger charge is -2.21. The number of pyridine rings is 1. The molecular formula is C20H19N3O3. The third-order valence-corrected chi connectivity index (χ3v) is 4.05. The zero-order chi connectivity index (χ0) is 18.5. The van der Waals surface area contributed by atoms with Crippen molar-refractivity contribution in [2.45, 2.75) is 13.0 Å². The molecule has 0 aliphatic heterocycles. The quantitative estimate of drug-likeness (QED) is 0.523. The number of rotatable bonds is 6. The van der Waals surface area contributed by atoms with Crippen LogP contribution in [-0.2, 0) is 0 Å². The van der Waals surface area contributed by atoms with E-state index in [1.807, 2.05) is 43.3 Å². The van der Waals surface area contributed by atoms with E-state index >= 15 is 0 Å². The normalized spacial score (nSPS) is 11.6. The number of aryl methyl sites for hydroxylation is 1. The van der Waals surface area contributed by atoms with Gasteiger partial charge < -0.3 is 10.1 Å². The van der Waals surface area contributed by atoms with Crippen LogP contribution in [0, 0.1) is 17.0 Å². The molecule has 2 aromatic carbocycles. The summed E-state index contributed by atoms with van der Waals surface area (Å²) in [7, 11) is 1.42. The van der Waals surface area contributed by atoms with Crippen LogP contribution < -0.4 is 10.1 Å². The second-order valence-electron chi connectivity index (χ2n) is 5.89. The number of aromatic nitrogens is 1. The first-order valence-electron chi connectivity index (χ1n) is 8.15. The predicted molar refractivity (Wildman–Crippen MR) is 101 cm³/mol. The largest absolute Gasteiger partial charge is 0.490 e. The molecule has 3 rings (SSSR count). The Morgan fingerprint density at radius 3 is 2.62 bits per heavy atom. The van der Waals surface area contributed by atoms with Crippen molar-refractivity contribution in [1.29, 1.82) is 0 Å². The summed E-state index contributed by atoms with van der Waals surface area (Å²) in [6, 6.07) is 18.5. The maximum Gasteiger partial charge on any atom is 0.311 e. The number of nitro groups is 1. The maximum absolute atomic E-state index is 11.1. The molecule has 1 N–H and O–H groups in total. The van der Waals surface area contributed by atoms with E-state index in [4.69, 9.17) is 4.74 Å². The van der Waals surface area contributed by atoms with Crippen LogP contribution in [0.2, 0.25) is 0 Å². The average molecular weight is 349 g/mol. The third-order valence-electron chi connectivity index (χ3n) is 4.05. The van der Waals surface area contributed by atoms with Gasteiger partial charge in [-0.2, -0.15) is 0 Å². The Kier molecular flexibility index (Phi) is 5.12. The molecule has 0 radical (unpaired) electrons. The zero-order valence-corrected chi connectivity index (χ0v) is 14.5. The van der Waals surface area contributed by atoms with Gasteiger partial charge in [-0.05, 0) is 30.7 Å². The van der Waals surface area contributed by atoms with Crippen molar-refractivity contribution >= 4 is 11.4 Å². The van der Waals surface area contributed by atoms with Crippen molar-refractivity contribution in [2.24, 2.45) is 0 Å². The summed E-state index contributed by atoms with van der Waals surface area (Å²) in [5, 5.41) is 14.5. The Labute approximate surface area is 151 Å². The van der Waals surface area contributed by atoms with Gasteiger partial charge in [-0.25, -0.2) is 0 Å². The molecule has 0 saturated carbocycles. The van der Waals surface area contributed by atoms with Crippen molar-refractivity contribution in [3.05, 3.63) is 93.8 Å². The zero-order valence-electron chi connectivity index (χ0n) is 14.5. The SMILES string of the molecule is COc1cc(NC(c2cccc(C)c2)c2ccccn2)ccc1[N+](=O)[O-]. The van der Waals surface area contributed by atoms with Crippen LogP contribution in [0.15, 0.2) is 66.9 Å². The van der Waals surface area contributed by atoms with Crippen molar-refractivity contribution < 1.29 is 9.66 Å². The van der Waals surface area contributed by atoms with E-state index in [1.165, 1.54) is 13.2 Å². The Morgan fingerprint density at radius 2 is 1.96 bits per heavy atom. The number of ether oxygens (including phenoxy) is 1. The van der Waals surface area contributed by atoms with Gasteiger partial charge in [0.25, 0.3) is 0 Å². The molecule has 6 nitrogen and oxygen atoms in total. The van der Waals surface area contributed by atoms with Crippen LogP contribution in [0.5, 0.6) is 5.75 Å². The number of hydrogen-bond donors (Lipinski definition) is 1. The number of nitrogens with zero attached hydrogens (tertiary/aromatic N) is 2. The molecule has 0 aliphatic carbocycles. The number of nitrogens with one attached hydrogen (secondary N) is 1. The maximum atomic E-state index is 11.1. The second kappa shape index (κ2) is 7.65. The molecule has 26 heavy (non-hydrogen) atoms. The van der Waals surface area contributed by atoms with Crippen LogP contribution >= 0.6 is 0 Å². The lowest BCUT2D eigenvalue weighted by molar-refractivity contribution is -0.385. The van der Waals surface area contributed by atoms with Gasteiger partial charge in [0.2, 0.25) is 0 Å². The number of nitro benzene ring substituents is 1. The molecule has 1 aromatic heterocycles. The van der Waals surface area contributed by atoms with Gasteiger partial charge in [-0.1, -0.05) is 35.9 Å². The fraction of sp³-hybridized carbons (Fsp3) is 0.150. The molecule has 0 fully saturated rings. The summed E-state index contributed by atoms with van der Waals surface area (Å²) in [6.07, 6.45) is 1.75. The molecule has 0 amide bonds. The first-order valence-corrected chi connectivity index (χ1v) is 8.15. The molecule has 1 atom stereocenters. The molecule has 0 saturated heterocycles. The Bertz CT molecular complexity index is 913. The Morgan fingerprint density at radius 1 is 1.12 bits per heavy atom. The van der Waals surface area contributed by atoms with E-state index in [0.717, 1.165) is 16.8 Å². The monoisotopic (exact) mass is 349 g/mol. The van der Waals surface area contributed by atoms with Crippen molar-refractivity contribution in [2.75, 3.05) is 12.4 Å². The van der Waals surface area contributed by atoms with E-state index in [9.17, 15) is 10.1 Å². The minimum Gasteiger partial charge on any atom is -0.490 e. The summed E-state index contributed by atoms with van der Waals surface area (Å²) >= 11 is 0. The van der Waals surface area contributed by atoms with Gasteiger partial charge in [0.05, 0.1) is 23.8 Å². The second-order valence-corrected chi connectivity index (χ2v) is 5.89. The highest BCUT2D eigenvalue weighted by Gasteiger charge is 2.19. The molecule has 0 bridgehead atoms. The number of benzene rings is 2. The first-order chi connectivity index (χ1) is 12.6. The molecule has 0 spiro atoms. The summed E-state index contributed by atoms with van der Waals surface area (Å²) in [5.41, 5.74) is 3.70. The molecule has 1 heterocycles. The smallest absolute Gasteiger partial charge is 0.311 e. The molecule has 3 aromatic rings. The highest BCUT2D eigenvalue weighted by molar-refractivity contribution is 5.59. The summed E-state index contributed by atoms with van der Waals surface area (Å²) < 4.78 is 5.16. The highest BCUT2D eigenvalue weighted by Crippen LogP contribution is 2.32. The van der Waals surface area contributed by atoms with Crippen LogP contribution in [-0.4, -0.2) is 17.0 Å². The predicted octanol–water partition coefficient (Wildman–Crippen LogP) is 4.51. The van der Waals surface area contributed by atoms with Gasteiger partial charge >= 0.3 is 5.69 Å².